The number of carbonyl (C=O) groups excluding carboxylic acids is 1. The molecule has 1 unspecified atom stereocenters. The van der Waals surface area contributed by atoms with Gasteiger partial charge in [0, 0.05) is 5.69 Å². The Morgan fingerprint density at radius 3 is 2.44 bits per heavy atom. The van der Waals surface area contributed by atoms with Gasteiger partial charge in [-0.05, 0) is 53.3 Å². The van der Waals surface area contributed by atoms with Crippen molar-refractivity contribution in [3.63, 3.8) is 0 Å². The predicted molar refractivity (Wildman–Crippen MR) is 113 cm³/mol. The second-order valence-electron chi connectivity index (χ2n) is 7.21. The minimum atomic E-state index is -0.536. The summed E-state index contributed by atoms with van der Waals surface area (Å²) in [6.45, 7) is 8.25. The maximum absolute atomic E-state index is 12.9. The zero-order valence-electron chi connectivity index (χ0n) is 16.5. The number of hydrogen-bond acceptors (Lipinski definition) is 2. The van der Waals surface area contributed by atoms with Gasteiger partial charge in [0.05, 0.1) is 0 Å². The van der Waals surface area contributed by atoms with E-state index in [0.717, 1.165) is 27.6 Å². The molecular formula is C24H27NO2. The number of aryl methyl sites for hydroxylation is 1. The van der Waals surface area contributed by atoms with Crippen LogP contribution in [0.2, 0.25) is 0 Å². The maximum Gasteiger partial charge on any atom is 0.265 e. The van der Waals surface area contributed by atoms with E-state index in [2.05, 4.69) is 31.3 Å². The number of fused-ring (bicyclic) bond motifs is 1. The molecule has 27 heavy (non-hydrogen) atoms. The number of nitrogens with one attached hydrogen (secondary N) is 1. The lowest BCUT2D eigenvalue weighted by Gasteiger charge is -2.21. The molecule has 1 atom stereocenters. The number of carbonyl (C=O) groups is 1. The standard InChI is InChI=1S/C24H27NO2/c1-5-22(27-20-14-13-18-10-6-7-11-19(18)15-20)24(26)25-23-17(4)9-8-12-21(23)16(2)3/h6-16,22H,5H2,1-4H3,(H,25,26). The third kappa shape index (κ3) is 4.30. The van der Waals surface area contributed by atoms with Crippen LogP contribution in [0.5, 0.6) is 5.75 Å². The molecule has 0 bridgehead atoms. The van der Waals surface area contributed by atoms with Crippen LogP contribution in [0, 0.1) is 6.92 Å². The average Bonchev–Trinajstić information content (AvgIpc) is 2.67. The minimum absolute atomic E-state index is 0.109. The minimum Gasteiger partial charge on any atom is -0.481 e. The van der Waals surface area contributed by atoms with Crippen molar-refractivity contribution in [2.75, 3.05) is 5.32 Å². The van der Waals surface area contributed by atoms with Crippen LogP contribution >= 0.6 is 0 Å². The van der Waals surface area contributed by atoms with Crippen molar-refractivity contribution in [3.8, 4) is 5.75 Å². The van der Waals surface area contributed by atoms with Gasteiger partial charge in [0.25, 0.3) is 5.91 Å². The lowest BCUT2D eigenvalue weighted by Crippen LogP contribution is -2.33. The molecule has 0 aliphatic carbocycles. The van der Waals surface area contributed by atoms with E-state index in [9.17, 15) is 4.79 Å². The molecule has 3 rings (SSSR count). The summed E-state index contributed by atoms with van der Waals surface area (Å²) in [6.07, 6.45) is 0.0624. The second kappa shape index (κ2) is 8.26. The molecule has 0 saturated carbocycles. The average molecular weight is 361 g/mol. The van der Waals surface area contributed by atoms with Gasteiger partial charge in [0.2, 0.25) is 0 Å². The monoisotopic (exact) mass is 361 g/mol. The Morgan fingerprint density at radius 1 is 1.00 bits per heavy atom. The van der Waals surface area contributed by atoms with Crippen LogP contribution in [0.25, 0.3) is 10.8 Å². The molecule has 1 amide bonds. The molecule has 3 heteroatoms. The first-order valence-corrected chi connectivity index (χ1v) is 9.55. The van der Waals surface area contributed by atoms with Gasteiger partial charge in [-0.15, -0.1) is 0 Å². The lowest BCUT2D eigenvalue weighted by molar-refractivity contribution is -0.122. The van der Waals surface area contributed by atoms with Crippen LogP contribution in [0.15, 0.2) is 60.7 Å². The first-order valence-electron chi connectivity index (χ1n) is 9.55. The summed E-state index contributed by atoms with van der Waals surface area (Å²) in [7, 11) is 0. The number of ether oxygens (including phenoxy) is 1. The molecular weight excluding hydrogens is 334 g/mol. The summed E-state index contributed by atoms with van der Waals surface area (Å²) < 4.78 is 6.03. The Kier molecular flexibility index (Phi) is 5.80. The first-order chi connectivity index (χ1) is 13.0. The highest BCUT2D eigenvalue weighted by molar-refractivity contribution is 5.96. The van der Waals surface area contributed by atoms with E-state index in [1.807, 2.05) is 62.4 Å². The number of benzene rings is 3. The third-order valence-electron chi connectivity index (χ3n) is 4.84. The highest BCUT2D eigenvalue weighted by Gasteiger charge is 2.21. The largest absolute Gasteiger partial charge is 0.481 e. The summed E-state index contributed by atoms with van der Waals surface area (Å²) in [4.78, 5) is 12.9. The molecule has 3 aromatic carbocycles. The van der Waals surface area contributed by atoms with Crippen molar-refractivity contribution in [2.24, 2.45) is 0 Å². The molecule has 140 valence electrons. The van der Waals surface area contributed by atoms with E-state index in [1.54, 1.807) is 0 Å². The summed E-state index contributed by atoms with van der Waals surface area (Å²) in [5.74, 6) is 0.938. The van der Waals surface area contributed by atoms with Crippen molar-refractivity contribution in [3.05, 3.63) is 71.8 Å². The van der Waals surface area contributed by atoms with Crippen LogP contribution in [-0.2, 0) is 4.79 Å². The molecule has 3 aromatic rings. The molecule has 0 aliphatic rings. The van der Waals surface area contributed by atoms with Gasteiger partial charge in [0.1, 0.15) is 5.75 Å². The number of amides is 1. The third-order valence-corrected chi connectivity index (χ3v) is 4.84. The van der Waals surface area contributed by atoms with Crippen molar-refractivity contribution < 1.29 is 9.53 Å². The molecule has 3 nitrogen and oxygen atoms in total. The van der Waals surface area contributed by atoms with Crippen molar-refractivity contribution >= 4 is 22.4 Å². The smallest absolute Gasteiger partial charge is 0.265 e. The van der Waals surface area contributed by atoms with Crippen LogP contribution in [0.4, 0.5) is 5.69 Å². The zero-order valence-corrected chi connectivity index (χ0v) is 16.5. The predicted octanol–water partition coefficient (Wildman–Crippen LogP) is 6.07. The Bertz CT molecular complexity index is 946. The van der Waals surface area contributed by atoms with E-state index < -0.39 is 6.10 Å². The van der Waals surface area contributed by atoms with E-state index in [0.29, 0.717) is 18.1 Å². The van der Waals surface area contributed by atoms with Crippen LogP contribution in [0.1, 0.15) is 44.2 Å². The van der Waals surface area contributed by atoms with E-state index >= 15 is 0 Å². The highest BCUT2D eigenvalue weighted by Crippen LogP contribution is 2.28. The SMILES string of the molecule is CCC(Oc1ccc2ccccc2c1)C(=O)Nc1c(C)cccc1C(C)C. The van der Waals surface area contributed by atoms with E-state index in [4.69, 9.17) is 4.74 Å². The zero-order chi connectivity index (χ0) is 19.4. The van der Waals surface area contributed by atoms with Gasteiger partial charge in [0.15, 0.2) is 6.10 Å². The van der Waals surface area contributed by atoms with Crippen LogP contribution in [0.3, 0.4) is 0 Å². The Morgan fingerprint density at radius 2 is 1.74 bits per heavy atom. The second-order valence-corrected chi connectivity index (χ2v) is 7.21. The number of anilines is 1. The Hall–Kier alpha value is -2.81. The lowest BCUT2D eigenvalue weighted by atomic mass is 9.98. The quantitative estimate of drug-likeness (QED) is 0.579. The number of hydrogen-bond donors (Lipinski definition) is 1. The molecule has 0 radical (unpaired) electrons. The molecule has 0 fully saturated rings. The van der Waals surface area contributed by atoms with Gasteiger partial charge in [-0.3, -0.25) is 4.79 Å². The van der Waals surface area contributed by atoms with Crippen molar-refractivity contribution in [1.29, 1.82) is 0 Å². The van der Waals surface area contributed by atoms with Crippen LogP contribution in [-0.4, -0.2) is 12.0 Å². The summed E-state index contributed by atoms with van der Waals surface area (Å²) in [5, 5.41) is 5.36. The van der Waals surface area contributed by atoms with Gasteiger partial charge in [-0.2, -0.15) is 0 Å². The van der Waals surface area contributed by atoms with Crippen molar-refractivity contribution in [1.82, 2.24) is 0 Å². The first kappa shape index (κ1) is 19.0. The normalized spacial score (nSPS) is 12.2. The van der Waals surface area contributed by atoms with Crippen molar-refractivity contribution in [2.45, 2.75) is 46.1 Å². The molecule has 1 N–H and O–H groups in total. The highest BCUT2D eigenvalue weighted by atomic mass is 16.5. The number of rotatable bonds is 6. The topological polar surface area (TPSA) is 38.3 Å². The molecule has 0 heterocycles. The summed E-state index contributed by atoms with van der Waals surface area (Å²) in [5.41, 5.74) is 3.11. The fraction of sp³-hybridized carbons (Fsp3) is 0.292. The Balaban J connectivity index is 1.80. The summed E-state index contributed by atoms with van der Waals surface area (Å²) in [6, 6.07) is 20.2. The van der Waals surface area contributed by atoms with E-state index in [1.165, 1.54) is 0 Å². The van der Waals surface area contributed by atoms with Gasteiger partial charge in [-0.25, -0.2) is 0 Å². The van der Waals surface area contributed by atoms with Gasteiger partial charge < -0.3 is 10.1 Å². The van der Waals surface area contributed by atoms with Crippen LogP contribution < -0.4 is 10.1 Å². The summed E-state index contributed by atoms with van der Waals surface area (Å²) >= 11 is 0. The Labute approximate surface area is 161 Å². The maximum atomic E-state index is 12.9. The molecule has 0 aromatic heterocycles. The molecule has 0 aliphatic heterocycles. The fourth-order valence-corrected chi connectivity index (χ4v) is 3.27. The fourth-order valence-electron chi connectivity index (χ4n) is 3.27. The van der Waals surface area contributed by atoms with Gasteiger partial charge in [-0.1, -0.05) is 69.3 Å². The molecule has 0 spiro atoms. The van der Waals surface area contributed by atoms with E-state index in [-0.39, 0.29) is 5.91 Å². The van der Waals surface area contributed by atoms with Gasteiger partial charge >= 0.3 is 0 Å². The number of para-hydroxylation sites is 1. The molecule has 0 saturated heterocycles.